The number of para-hydroxylation sites is 2. The maximum atomic E-state index is 5.91. The van der Waals surface area contributed by atoms with E-state index < -0.39 is 0 Å². The van der Waals surface area contributed by atoms with Gasteiger partial charge in [0.1, 0.15) is 17.5 Å². The summed E-state index contributed by atoms with van der Waals surface area (Å²) >= 11 is 0. The lowest BCUT2D eigenvalue weighted by atomic mass is 10.2. The zero-order valence-corrected chi connectivity index (χ0v) is 13.9. The van der Waals surface area contributed by atoms with Crippen molar-refractivity contribution in [3.05, 3.63) is 42.1 Å². The molecule has 3 heterocycles. The van der Waals surface area contributed by atoms with Gasteiger partial charge in [-0.3, -0.25) is 4.98 Å². The molecule has 24 heavy (non-hydrogen) atoms. The Morgan fingerprint density at radius 2 is 2.00 bits per heavy atom. The van der Waals surface area contributed by atoms with Gasteiger partial charge in [0.25, 0.3) is 0 Å². The minimum Gasteiger partial charge on any atom is -0.373 e. The number of hydrogen-bond donors (Lipinski definition) is 0. The molecule has 1 aliphatic rings. The van der Waals surface area contributed by atoms with Crippen molar-refractivity contribution in [2.45, 2.75) is 26.5 Å². The molecule has 0 N–H and O–H groups in total. The van der Waals surface area contributed by atoms with Crippen LogP contribution in [0.2, 0.25) is 0 Å². The molecule has 0 bridgehead atoms. The average molecular weight is 324 g/mol. The minimum absolute atomic E-state index is 0.0619. The Morgan fingerprint density at radius 1 is 1.17 bits per heavy atom. The second-order valence-corrected chi connectivity index (χ2v) is 6.04. The van der Waals surface area contributed by atoms with E-state index in [9.17, 15) is 0 Å². The average Bonchev–Trinajstić information content (AvgIpc) is 2.92. The molecular weight excluding hydrogens is 304 g/mol. The van der Waals surface area contributed by atoms with Crippen LogP contribution in [0.25, 0.3) is 11.0 Å². The lowest BCUT2D eigenvalue weighted by molar-refractivity contribution is 0.0267. The third kappa shape index (κ3) is 2.94. The molecule has 7 nitrogen and oxygen atoms in total. The molecule has 1 fully saturated rings. The number of morpholine rings is 1. The largest absolute Gasteiger partial charge is 0.373 e. The van der Waals surface area contributed by atoms with Crippen molar-refractivity contribution in [1.82, 2.24) is 24.7 Å². The molecule has 2 aromatic heterocycles. The Labute approximate surface area is 140 Å². The van der Waals surface area contributed by atoms with Gasteiger partial charge in [0.2, 0.25) is 0 Å². The highest BCUT2D eigenvalue weighted by atomic mass is 16.5. The molecule has 0 spiro atoms. The minimum atomic E-state index is 0.0619. The third-order valence-electron chi connectivity index (χ3n) is 4.24. The number of ether oxygens (including phenoxy) is 1. The highest BCUT2D eigenvalue weighted by Crippen LogP contribution is 2.18. The van der Waals surface area contributed by atoms with Crippen LogP contribution in [-0.2, 0) is 11.3 Å². The Balaban J connectivity index is 1.52. The van der Waals surface area contributed by atoms with E-state index in [-0.39, 0.29) is 6.10 Å². The maximum Gasteiger partial charge on any atom is 0.148 e. The van der Waals surface area contributed by atoms with E-state index in [4.69, 9.17) is 9.72 Å². The quantitative estimate of drug-likeness (QED) is 0.731. The molecule has 124 valence electrons. The van der Waals surface area contributed by atoms with E-state index in [1.165, 1.54) is 0 Å². The first-order chi connectivity index (χ1) is 11.7. The van der Waals surface area contributed by atoms with E-state index in [0.717, 1.165) is 41.6 Å². The monoisotopic (exact) mass is 324 g/mol. The van der Waals surface area contributed by atoms with Crippen LogP contribution in [0.1, 0.15) is 11.6 Å². The second-order valence-electron chi connectivity index (χ2n) is 6.04. The van der Waals surface area contributed by atoms with Crippen LogP contribution in [0.5, 0.6) is 0 Å². The van der Waals surface area contributed by atoms with Crippen LogP contribution in [0.3, 0.4) is 0 Å². The lowest BCUT2D eigenvalue weighted by Crippen LogP contribution is -2.45. The van der Waals surface area contributed by atoms with Crippen molar-refractivity contribution >= 4 is 16.9 Å². The molecule has 1 aliphatic heterocycles. The highest BCUT2D eigenvalue weighted by Gasteiger charge is 2.23. The Morgan fingerprint density at radius 3 is 2.79 bits per heavy atom. The van der Waals surface area contributed by atoms with Gasteiger partial charge in [0, 0.05) is 13.1 Å². The molecule has 3 aromatic rings. The second kappa shape index (κ2) is 6.16. The molecule has 4 rings (SSSR count). The van der Waals surface area contributed by atoms with Crippen molar-refractivity contribution in [2.75, 3.05) is 24.6 Å². The molecule has 1 saturated heterocycles. The molecule has 0 radical (unpaired) electrons. The zero-order chi connectivity index (χ0) is 16.5. The summed E-state index contributed by atoms with van der Waals surface area (Å²) in [5.41, 5.74) is 1.83. The van der Waals surface area contributed by atoms with Crippen LogP contribution >= 0.6 is 0 Å². The first-order valence-corrected chi connectivity index (χ1v) is 8.15. The van der Waals surface area contributed by atoms with Crippen LogP contribution < -0.4 is 4.90 Å². The van der Waals surface area contributed by atoms with Gasteiger partial charge in [-0.2, -0.15) is 5.10 Å². The van der Waals surface area contributed by atoms with Crippen molar-refractivity contribution in [3.63, 3.8) is 0 Å². The van der Waals surface area contributed by atoms with Gasteiger partial charge < -0.3 is 9.64 Å². The van der Waals surface area contributed by atoms with Gasteiger partial charge in [-0.25, -0.2) is 14.6 Å². The van der Waals surface area contributed by atoms with Gasteiger partial charge in [0.15, 0.2) is 0 Å². The summed E-state index contributed by atoms with van der Waals surface area (Å²) < 4.78 is 7.82. The summed E-state index contributed by atoms with van der Waals surface area (Å²) in [4.78, 5) is 15.8. The van der Waals surface area contributed by atoms with E-state index in [0.29, 0.717) is 13.2 Å². The number of benzene rings is 1. The molecule has 7 heteroatoms. The SMILES string of the molecule is Cc1nc(C)n(C[C@@H]2CN(c3cnc4ccccc4n3)CCO2)n1. The van der Waals surface area contributed by atoms with E-state index in [2.05, 4.69) is 20.0 Å². The molecule has 1 aromatic carbocycles. The number of rotatable bonds is 3. The predicted molar refractivity (Wildman–Crippen MR) is 91.0 cm³/mol. The summed E-state index contributed by atoms with van der Waals surface area (Å²) in [5.74, 6) is 2.60. The van der Waals surface area contributed by atoms with E-state index in [1.54, 1.807) is 0 Å². The summed E-state index contributed by atoms with van der Waals surface area (Å²) in [6, 6.07) is 7.93. The molecule has 1 atom stereocenters. The number of nitrogens with zero attached hydrogens (tertiary/aromatic N) is 6. The van der Waals surface area contributed by atoms with Crippen molar-refractivity contribution in [3.8, 4) is 0 Å². The number of aryl methyl sites for hydroxylation is 2. The molecule has 0 saturated carbocycles. The summed E-state index contributed by atoms with van der Waals surface area (Å²) in [6.07, 6.45) is 1.90. The number of anilines is 1. The highest BCUT2D eigenvalue weighted by molar-refractivity contribution is 5.75. The Hall–Kier alpha value is -2.54. The van der Waals surface area contributed by atoms with Gasteiger partial charge in [-0.05, 0) is 26.0 Å². The van der Waals surface area contributed by atoms with Crippen molar-refractivity contribution in [2.24, 2.45) is 0 Å². The van der Waals surface area contributed by atoms with E-state index >= 15 is 0 Å². The Kier molecular flexibility index (Phi) is 3.86. The lowest BCUT2D eigenvalue weighted by Gasteiger charge is -2.33. The normalized spacial score (nSPS) is 18.2. The van der Waals surface area contributed by atoms with Crippen molar-refractivity contribution in [1.29, 1.82) is 0 Å². The maximum absolute atomic E-state index is 5.91. The fraction of sp³-hybridized carbons (Fsp3) is 0.412. The molecular formula is C17H20N6O. The number of fused-ring (bicyclic) bond motifs is 1. The zero-order valence-electron chi connectivity index (χ0n) is 13.9. The van der Waals surface area contributed by atoms with Gasteiger partial charge in [-0.15, -0.1) is 0 Å². The standard InChI is InChI=1S/C17H20N6O/c1-12-19-13(2)23(21-12)11-14-10-22(7-8-24-14)17-9-18-15-5-3-4-6-16(15)20-17/h3-6,9,14H,7-8,10-11H2,1-2H3/t14-/m0/s1. The first kappa shape index (κ1) is 15.0. The van der Waals surface area contributed by atoms with Crippen LogP contribution in [0.4, 0.5) is 5.82 Å². The van der Waals surface area contributed by atoms with Crippen LogP contribution in [0.15, 0.2) is 30.5 Å². The summed E-state index contributed by atoms with van der Waals surface area (Å²) in [6.45, 7) is 6.83. The van der Waals surface area contributed by atoms with Crippen LogP contribution in [-0.4, -0.2) is 50.5 Å². The Bertz CT molecular complexity index is 861. The fourth-order valence-corrected chi connectivity index (χ4v) is 3.06. The number of aromatic nitrogens is 5. The van der Waals surface area contributed by atoms with Gasteiger partial charge >= 0.3 is 0 Å². The molecule has 0 amide bonds. The fourth-order valence-electron chi connectivity index (χ4n) is 3.06. The molecule has 0 aliphatic carbocycles. The van der Waals surface area contributed by atoms with Gasteiger partial charge in [-0.1, -0.05) is 12.1 Å². The van der Waals surface area contributed by atoms with Crippen molar-refractivity contribution < 1.29 is 4.74 Å². The third-order valence-corrected chi connectivity index (χ3v) is 4.24. The summed E-state index contributed by atoms with van der Waals surface area (Å²) in [5, 5.41) is 4.42. The smallest absolute Gasteiger partial charge is 0.148 e. The van der Waals surface area contributed by atoms with E-state index in [1.807, 2.05) is 49.0 Å². The predicted octanol–water partition coefficient (Wildman–Crippen LogP) is 1.74. The van der Waals surface area contributed by atoms with Gasteiger partial charge in [0.05, 0.1) is 36.5 Å². The van der Waals surface area contributed by atoms with Crippen LogP contribution in [0, 0.1) is 13.8 Å². The topological polar surface area (TPSA) is 69.0 Å². The first-order valence-electron chi connectivity index (χ1n) is 8.15. The number of hydrogen-bond acceptors (Lipinski definition) is 6. The summed E-state index contributed by atoms with van der Waals surface area (Å²) in [7, 11) is 0. The molecule has 0 unspecified atom stereocenters.